The van der Waals surface area contributed by atoms with Crippen LogP contribution in [-0.4, -0.2) is 22.5 Å². The Morgan fingerprint density at radius 2 is 1.62 bits per heavy atom. The lowest BCUT2D eigenvalue weighted by molar-refractivity contribution is -0.274. The second-order valence-corrected chi connectivity index (χ2v) is 6.09. The number of hydrogen-bond acceptors (Lipinski definition) is 2. The Bertz CT molecular complexity index is 480. The van der Waals surface area contributed by atoms with Gasteiger partial charge in [0.05, 0.1) is 11.7 Å². The normalized spacial score (nSPS) is 15.6. The van der Waals surface area contributed by atoms with Gasteiger partial charge in [0.1, 0.15) is 5.75 Å². The molecule has 2 nitrogen and oxygen atoms in total. The van der Waals surface area contributed by atoms with Crippen LogP contribution in [0.15, 0.2) is 24.3 Å². The number of rotatable bonds is 5. The number of hydrogen-bond donors (Lipinski definition) is 0. The van der Waals surface area contributed by atoms with Crippen LogP contribution in [0.3, 0.4) is 0 Å². The van der Waals surface area contributed by atoms with Crippen molar-refractivity contribution >= 4 is 10.8 Å². The topological polar surface area (TPSA) is 26.3 Å². The van der Waals surface area contributed by atoms with Gasteiger partial charge in [-0.2, -0.15) is 13.2 Å². The van der Waals surface area contributed by atoms with E-state index in [9.17, 15) is 30.6 Å². The molecule has 0 radical (unpaired) electrons. The van der Waals surface area contributed by atoms with Crippen LogP contribution in [0.5, 0.6) is 5.75 Å². The van der Waals surface area contributed by atoms with E-state index in [1.165, 1.54) is 19.1 Å². The molecule has 0 spiro atoms. The van der Waals surface area contributed by atoms with Crippen LogP contribution in [0.4, 0.5) is 26.3 Å². The molecule has 2 atom stereocenters. The fourth-order valence-electron chi connectivity index (χ4n) is 1.49. The van der Waals surface area contributed by atoms with Crippen molar-refractivity contribution in [2.75, 3.05) is 5.75 Å². The molecule has 0 saturated heterocycles. The predicted molar refractivity (Wildman–Crippen MR) is 65.2 cm³/mol. The zero-order valence-corrected chi connectivity index (χ0v) is 11.6. The highest BCUT2D eigenvalue weighted by Crippen LogP contribution is 2.27. The molecule has 1 aromatic carbocycles. The van der Waals surface area contributed by atoms with Crippen LogP contribution in [0.1, 0.15) is 24.2 Å². The van der Waals surface area contributed by atoms with Crippen LogP contribution in [0, 0.1) is 0 Å². The first-order chi connectivity index (χ1) is 9.48. The minimum absolute atomic E-state index is 0.380. The third-order valence-corrected chi connectivity index (χ3v) is 4.23. The van der Waals surface area contributed by atoms with Crippen LogP contribution in [-0.2, 0) is 10.8 Å². The molecule has 0 aliphatic carbocycles. The van der Waals surface area contributed by atoms with E-state index in [0.29, 0.717) is 5.56 Å². The van der Waals surface area contributed by atoms with Gasteiger partial charge in [-0.05, 0) is 24.6 Å². The molecule has 0 saturated carbocycles. The molecule has 0 heterocycles. The monoisotopic (exact) mass is 334 g/mol. The van der Waals surface area contributed by atoms with E-state index >= 15 is 0 Å². The molecule has 0 amide bonds. The number of alkyl halides is 6. The predicted octanol–water partition coefficient (Wildman–Crippen LogP) is 4.35. The molecule has 0 aliphatic rings. The van der Waals surface area contributed by atoms with Crippen molar-refractivity contribution in [3.05, 3.63) is 29.8 Å². The molecular formula is C12H12F6O2S. The van der Waals surface area contributed by atoms with E-state index in [0.717, 1.165) is 12.1 Å². The van der Waals surface area contributed by atoms with Gasteiger partial charge in [-0.25, -0.2) is 0 Å². The second kappa shape index (κ2) is 6.67. The van der Waals surface area contributed by atoms with E-state index in [-0.39, 0.29) is 0 Å². The first kappa shape index (κ1) is 17.8. The summed E-state index contributed by atoms with van der Waals surface area (Å²) in [5, 5.41) is -0.715. The van der Waals surface area contributed by atoms with Crippen molar-refractivity contribution in [3.63, 3.8) is 0 Å². The first-order valence-corrected chi connectivity index (χ1v) is 7.16. The van der Waals surface area contributed by atoms with E-state index < -0.39 is 46.5 Å². The summed E-state index contributed by atoms with van der Waals surface area (Å²) in [4.78, 5) is 0. The minimum Gasteiger partial charge on any atom is -0.406 e. The zero-order chi connectivity index (χ0) is 16.3. The van der Waals surface area contributed by atoms with Gasteiger partial charge in [0.15, 0.2) is 0 Å². The Morgan fingerprint density at radius 1 is 1.10 bits per heavy atom. The molecule has 0 unspecified atom stereocenters. The van der Waals surface area contributed by atoms with Crippen LogP contribution >= 0.6 is 0 Å². The van der Waals surface area contributed by atoms with Gasteiger partial charge in [0.25, 0.3) is 0 Å². The van der Waals surface area contributed by atoms with E-state index in [1.807, 2.05) is 0 Å². The highest BCUT2D eigenvalue weighted by atomic mass is 32.2. The van der Waals surface area contributed by atoms with Gasteiger partial charge in [-0.1, -0.05) is 12.1 Å². The van der Waals surface area contributed by atoms with Crippen molar-refractivity contribution < 1.29 is 35.3 Å². The standard InChI is InChI=1S/C12H12F6O2S/c1-8(21(19)7-6-11(13,14)15)9-2-4-10(5-3-9)20-12(16,17)18/h2-5,8H,6-7H2,1H3/t8-,21+/m0/s1. The number of ether oxygens (including phenoxy) is 1. The van der Waals surface area contributed by atoms with Gasteiger partial charge in [0, 0.05) is 16.6 Å². The summed E-state index contributed by atoms with van der Waals surface area (Å²) < 4.78 is 87.4. The lowest BCUT2D eigenvalue weighted by Gasteiger charge is -2.14. The quantitative estimate of drug-likeness (QED) is 0.749. The maximum absolute atomic E-state index is 12.0. The Morgan fingerprint density at radius 3 is 2.05 bits per heavy atom. The highest BCUT2D eigenvalue weighted by molar-refractivity contribution is 7.85. The summed E-state index contributed by atoms with van der Waals surface area (Å²) in [5.41, 5.74) is 0.380. The molecule has 21 heavy (non-hydrogen) atoms. The maximum atomic E-state index is 12.0. The van der Waals surface area contributed by atoms with Crippen molar-refractivity contribution in [2.45, 2.75) is 31.1 Å². The average Bonchev–Trinajstić information content (AvgIpc) is 2.33. The van der Waals surface area contributed by atoms with Crippen LogP contribution in [0.25, 0.3) is 0 Å². The maximum Gasteiger partial charge on any atom is 0.573 e. The molecule has 0 aromatic heterocycles. The molecule has 120 valence electrons. The highest BCUT2D eigenvalue weighted by Gasteiger charge is 2.31. The average molecular weight is 334 g/mol. The summed E-state index contributed by atoms with van der Waals surface area (Å²) in [7, 11) is -1.77. The summed E-state index contributed by atoms with van der Waals surface area (Å²) in [6, 6.07) is 4.55. The van der Waals surface area contributed by atoms with Gasteiger partial charge >= 0.3 is 12.5 Å². The zero-order valence-electron chi connectivity index (χ0n) is 10.8. The van der Waals surface area contributed by atoms with Gasteiger partial charge in [-0.15, -0.1) is 13.2 Å². The third kappa shape index (κ3) is 6.83. The Kier molecular flexibility index (Phi) is 5.66. The van der Waals surface area contributed by atoms with Gasteiger partial charge in [0.2, 0.25) is 0 Å². The summed E-state index contributed by atoms with van der Waals surface area (Å²) in [6.45, 7) is 1.45. The molecule has 0 aliphatic heterocycles. The van der Waals surface area contributed by atoms with Crippen molar-refractivity contribution in [1.82, 2.24) is 0 Å². The van der Waals surface area contributed by atoms with Crippen molar-refractivity contribution in [1.29, 1.82) is 0 Å². The Hall–Kier alpha value is -1.25. The molecule has 1 aromatic rings. The molecule has 0 N–H and O–H groups in total. The van der Waals surface area contributed by atoms with Gasteiger partial charge in [-0.3, -0.25) is 4.21 Å². The van der Waals surface area contributed by atoms with E-state index in [4.69, 9.17) is 0 Å². The Labute approximate surface area is 119 Å². The second-order valence-electron chi connectivity index (χ2n) is 4.21. The lowest BCUT2D eigenvalue weighted by atomic mass is 10.1. The largest absolute Gasteiger partial charge is 0.573 e. The molecule has 9 heteroatoms. The number of benzene rings is 1. The van der Waals surface area contributed by atoms with Gasteiger partial charge < -0.3 is 4.74 Å². The summed E-state index contributed by atoms with van der Waals surface area (Å²) in [6.07, 6.45) is -10.4. The number of halogens is 6. The summed E-state index contributed by atoms with van der Waals surface area (Å²) >= 11 is 0. The minimum atomic E-state index is -4.82. The molecule has 0 bridgehead atoms. The molecular weight excluding hydrogens is 322 g/mol. The fourth-order valence-corrected chi connectivity index (χ4v) is 2.73. The Balaban J connectivity index is 2.66. The SMILES string of the molecule is C[C@@H](c1ccc(OC(F)(F)F)cc1)[S@](=O)CCC(F)(F)F. The smallest absolute Gasteiger partial charge is 0.406 e. The summed E-state index contributed by atoms with van der Waals surface area (Å²) in [5.74, 6) is -0.995. The first-order valence-electron chi connectivity index (χ1n) is 5.77. The van der Waals surface area contributed by atoms with Crippen molar-refractivity contribution in [3.8, 4) is 5.75 Å². The third-order valence-electron chi connectivity index (χ3n) is 2.56. The van der Waals surface area contributed by atoms with Crippen molar-refractivity contribution in [2.24, 2.45) is 0 Å². The fraction of sp³-hybridized carbons (Fsp3) is 0.500. The van der Waals surface area contributed by atoms with E-state index in [2.05, 4.69) is 4.74 Å². The van der Waals surface area contributed by atoms with Crippen LogP contribution in [0.2, 0.25) is 0 Å². The van der Waals surface area contributed by atoms with Crippen LogP contribution < -0.4 is 4.74 Å². The molecule has 1 rings (SSSR count). The van der Waals surface area contributed by atoms with E-state index in [1.54, 1.807) is 0 Å². The lowest BCUT2D eigenvalue weighted by Crippen LogP contribution is -2.17. The molecule has 0 fully saturated rings.